The maximum Gasteiger partial charge on any atom is 0.225 e. The van der Waals surface area contributed by atoms with Crippen LogP contribution in [0.2, 0.25) is 0 Å². The Balaban J connectivity index is 2.25. The van der Waals surface area contributed by atoms with Crippen molar-refractivity contribution in [1.29, 1.82) is 0 Å². The van der Waals surface area contributed by atoms with Gasteiger partial charge >= 0.3 is 0 Å². The Kier molecular flexibility index (Phi) is 6.65. The maximum absolute atomic E-state index is 11.9. The molecule has 1 aliphatic heterocycles. The molecule has 1 aliphatic rings. The van der Waals surface area contributed by atoms with Crippen molar-refractivity contribution in [2.45, 2.75) is 52.1 Å². The minimum atomic E-state index is 0.120. The van der Waals surface area contributed by atoms with Gasteiger partial charge in [0.05, 0.1) is 0 Å². The van der Waals surface area contributed by atoms with E-state index in [1.807, 2.05) is 18.7 Å². The lowest BCUT2D eigenvalue weighted by molar-refractivity contribution is -0.135. The molecule has 0 radical (unpaired) electrons. The van der Waals surface area contributed by atoms with E-state index in [4.69, 9.17) is 4.74 Å². The second kappa shape index (κ2) is 7.74. The molecular weight excluding hydrogens is 228 g/mol. The molecule has 0 spiro atoms. The van der Waals surface area contributed by atoms with Gasteiger partial charge in [0.2, 0.25) is 5.91 Å². The Morgan fingerprint density at radius 3 is 2.44 bits per heavy atom. The van der Waals surface area contributed by atoms with Gasteiger partial charge in [0.25, 0.3) is 0 Å². The topological polar surface area (TPSA) is 41.6 Å². The molecule has 0 bridgehead atoms. The molecule has 1 saturated heterocycles. The van der Waals surface area contributed by atoms with Crippen LogP contribution in [-0.2, 0) is 9.53 Å². The molecule has 0 aromatic heterocycles. The summed E-state index contributed by atoms with van der Waals surface area (Å²) in [6.45, 7) is 8.74. The second-order valence-electron chi connectivity index (χ2n) is 5.60. The lowest BCUT2D eigenvalue weighted by Crippen LogP contribution is -2.48. The summed E-state index contributed by atoms with van der Waals surface area (Å²) >= 11 is 0. The third kappa shape index (κ3) is 4.94. The van der Waals surface area contributed by atoms with E-state index in [2.05, 4.69) is 12.2 Å². The molecule has 4 nitrogen and oxygen atoms in total. The minimum absolute atomic E-state index is 0.120. The summed E-state index contributed by atoms with van der Waals surface area (Å²) in [7, 11) is 1.74. The molecule has 0 aromatic carbocycles. The minimum Gasteiger partial charge on any atom is -0.385 e. The number of piperidine rings is 1. The molecule has 1 fully saturated rings. The van der Waals surface area contributed by atoms with Gasteiger partial charge in [-0.2, -0.15) is 0 Å². The average Bonchev–Trinajstić information content (AvgIpc) is 2.36. The van der Waals surface area contributed by atoms with E-state index in [1.54, 1.807) is 7.11 Å². The number of hydrogen-bond acceptors (Lipinski definition) is 3. The normalized spacial score (nSPS) is 19.3. The number of hydrogen-bond donors (Lipinski definition) is 1. The third-order valence-corrected chi connectivity index (χ3v) is 3.58. The van der Waals surface area contributed by atoms with Crippen LogP contribution in [-0.4, -0.2) is 49.7 Å². The van der Waals surface area contributed by atoms with Gasteiger partial charge in [-0.15, -0.1) is 0 Å². The zero-order valence-electron chi connectivity index (χ0n) is 12.2. The van der Waals surface area contributed by atoms with Crippen molar-refractivity contribution in [1.82, 2.24) is 10.2 Å². The van der Waals surface area contributed by atoms with Crippen LogP contribution in [0.15, 0.2) is 0 Å². The molecule has 106 valence electrons. The number of nitrogens with zero attached hydrogens (tertiary/aromatic N) is 1. The first-order valence-electron chi connectivity index (χ1n) is 7.08. The highest BCUT2D eigenvalue weighted by atomic mass is 16.5. The van der Waals surface area contributed by atoms with Crippen LogP contribution in [0, 0.1) is 5.92 Å². The van der Waals surface area contributed by atoms with E-state index in [0.29, 0.717) is 18.0 Å². The van der Waals surface area contributed by atoms with E-state index >= 15 is 0 Å². The van der Waals surface area contributed by atoms with Crippen molar-refractivity contribution in [2.24, 2.45) is 5.92 Å². The summed E-state index contributed by atoms with van der Waals surface area (Å²) in [5.41, 5.74) is 0. The Hall–Kier alpha value is -0.610. The Labute approximate surface area is 111 Å². The van der Waals surface area contributed by atoms with E-state index in [1.165, 1.54) is 0 Å². The zero-order chi connectivity index (χ0) is 13.5. The first kappa shape index (κ1) is 15.4. The van der Waals surface area contributed by atoms with Crippen LogP contribution in [0.25, 0.3) is 0 Å². The summed E-state index contributed by atoms with van der Waals surface area (Å²) in [5, 5.41) is 3.62. The van der Waals surface area contributed by atoms with Crippen molar-refractivity contribution in [3.05, 3.63) is 0 Å². The van der Waals surface area contributed by atoms with Gasteiger partial charge in [-0.1, -0.05) is 13.8 Å². The molecule has 18 heavy (non-hydrogen) atoms. The maximum atomic E-state index is 11.9. The van der Waals surface area contributed by atoms with E-state index < -0.39 is 0 Å². The molecule has 1 rings (SSSR count). The molecule has 1 amide bonds. The van der Waals surface area contributed by atoms with E-state index in [9.17, 15) is 4.79 Å². The number of carbonyl (C=O) groups is 1. The SMILES string of the molecule is COCCC(C)NC1CCN(C(=O)C(C)C)CC1. The highest BCUT2D eigenvalue weighted by Gasteiger charge is 2.24. The second-order valence-corrected chi connectivity index (χ2v) is 5.60. The van der Waals surface area contributed by atoms with Gasteiger partial charge in [0.1, 0.15) is 0 Å². The molecule has 1 heterocycles. The number of nitrogens with one attached hydrogen (secondary N) is 1. The van der Waals surface area contributed by atoms with E-state index in [0.717, 1.165) is 39.0 Å². The highest BCUT2D eigenvalue weighted by molar-refractivity contribution is 5.78. The Morgan fingerprint density at radius 2 is 1.94 bits per heavy atom. The Bertz CT molecular complexity index is 248. The number of rotatable bonds is 6. The summed E-state index contributed by atoms with van der Waals surface area (Å²) in [5.74, 6) is 0.413. The molecular formula is C14H28N2O2. The van der Waals surface area contributed by atoms with Crippen LogP contribution in [0.4, 0.5) is 0 Å². The molecule has 1 unspecified atom stereocenters. The number of methoxy groups -OCH3 is 1. The van der Waals surface area contributed by atoms with Crippen LogP contribution < -0.4 is 5.32 Å². The van der Waals surface area contributed by atoms with Crippen LogP contribution >= 0.6 is 0 Å². The summed E-state index contributed by atoms with van der Waals surface area (Å²) in [6, 6.07) is 1.04. The highest BCUT2D eigenvalue weighted by Crippen LogP contribution is 2.14. The number of likely N-dealkylation sites (tertiary alicyclic amines) is 1. The van der Waals surface area contributed by atoms with Crippen molar-refractivity contribution < 1.29 is 9.53 Å². The predicted molar refractivity (Wildman–Crippen MR) is 73.5 cm³/mol. The first-order chi connectivity index (χ1) is 8.54. The van der Waals surface area contributed by atoms with Gasteiger partial charge in [-0.3, -0.25) is 4.79 Å². The molecule has 1 atom stereocenters. The van der Waals surface area contributed by atoms with Gasteiger partial charge in [-0.05, 0) is 26.2 Å². The molecule has 0 saturated carbocycles. The smallest absolute Gasteiger partial charge is 0.225 e. The standard InChI is InChI=1S/C14H28N2O2/c1-11(2)14(17)16-8-5-13(6-9-16)15-12(3)7-10-18-4/h11-13,15H,5-10H2,1-4H3. The summed E-state index contributed by atoms with van der Waals surface area (Å²) in [4.78, 5) is 13.9. The predicted octanol–water partition coefficient (Wildman–Crippen LogP) is 1.65. The van der Waals surface area contributed by atoms with Crippen LogP contribution in [0.3, 0.4) is 0 Å². The van der Waals surface area contributed by atoms with Crippen molar-refractivity contribution >= 4 is 5.91 Å². The van der Waals surface area contributed by atoms with Crippen LogP contribution in [0.5, 0.6) is 0 Å². The van der Waals surface area contributed by atoms with Crippen molar-refractivity contribution in [3.63, 3.8) is 0 Å². The van der Waals surface area contributed by atoms with Gasteiger partial charge in [0, 0.05) is 44.8 Å². The number of ether oxygens (including phenoxy) is 1. The molecule has 1 N–H and O–H groups in total. The lowest BCUT2D eigenvalue weighted by Gasteiger charge is -2.34. The lowest BCUT2D eigenvalue weighted by atomic mass is 10.0. The first-order valence-corrected chi connectivity index (χ1v) is 7.08. The zero-order valence-corrected chi connectivity index (χ0v) is 12.2. The average molecular weight is 256 g/mol. The monoisotopic (exact) mass is 256 g/mol. The number of carbonyl (C=O) groups excluding carboxylic acids is 1. The van der Waals surface area contributed by atoms with Gasteiger partial charge in [-0.25, -0.2) is 0 Å². The fourth-order valence-corrected chi connectivity index (χ4v) is 2.41. The fraction of sp³-hybridized carbons (Fsp3) is 0.929. The molecule has 0 aliphatic carbocycles. The number of amides is 1. The Morgan fingerprint density at radius 1 is 1.33 bits per heavy atom. The summed E-state index contributed by atoms with van der Waals surface area (Å²) in [6.07, 6.45) is 3.17. The molecule has 4 heteroatoms. The van der Waals surface area contributed by atoms with Crippen molar-refractivity contribution in [2.75, 3.05) is 26.8 Å². The summed E-state index contributed by atoms with van der Waals surface area (Å²) < 4.78 is 5.08. The van der Waals surface area contributed by atoms with Crippen LogP contribution in [0.1, 0.15) is 40.0 Å². The molecule has 0 aromatic rings. The van der Waals surface area contributed by atoms with Gasteiger partial charge in [0.15, 0.2) is 0 Å². The quantitative estimate of drug-likeness (QED) is 0.785. The third-order valence-electron chi connectivity index (χ3n) is 3.58. The van der Waals surface area contributed by atoms with E-state index in [-0.39, 0.29) is 5.92 Å². The van der Waals surface area contributed by atoms with Gasteiger partial charge < -0.3 is 15.0 Å². The fourth-order valence-electron chi connectivity index (χ4n) is 2.41. The largest absolute Gasteiger partial charge is 0.385 e. The van der Waals surface area contributed by atoms with Crippen molar-refractivity contribution in [3.8, 4) is 0 Å².